The Morgan fingerprint density at radius 2 is 2.33 bits per heavy atom. The van der Waals surface area contributed by atoms with Crippen LogP contribution in [0.3, 0.4) is 0 Å². The molecule has 1 rings (SSSR count). The van der Waals surface area contributed by atoms with Gasteiger partial charge in [-0.15, -0.1) is 0 Å². The Bertz CT molecular complexity index is 414. The molecule has 1 amide bonds. The number of carbonyl (C=O) groups excluding carboxylic acids is 2. The first-order valence-electron chi connectivity index (χ1n) is 5.37. The van der Waals surface area contributed by atoms with Crippen molar-refractivity contribution in [3.05, 3.63) is 30.6 Å². The van der Waals surface area contributed by atoms with Crippen molar-refractivity contribution < 1.29 is 14.3 Å². The normalized spacial score (nSPS) is 12.3. The van der Waals surface area contributed by atoms with Crippen LogP contribution in [0.1, 0.15) is 6.17 Å². The molecule has 1 aromatic rings. The van der Waals surface area contributed by atoms with Crippen LogP contribution in [0.4, 0.5) is 0 Å². The minimum absolute atomic E-state index is 0.240. The van der Waals surface area contributed by atoms with Crippen molar-refractivity contribution in [3.8, 4) is 0 Å². The van der Waals surface area contributed by atoms with E-state index in [9.17, 15) is 9.59 Å². The van der Waals surface area contributed by atoms with Crippen LogP contribution < -0.4 is 10.6 Å². The second kappa shape index (κ2) is 7.23. The number of esters is 1. The molecule has 0 saturated heterocycles. The monoisotopic (exact) mass is 252 g/mol. The molecule has 1 atom stereocenters. The lowest BCUT2D eigenvalue weighted by Gasteiger charge is -2.15. The van der Waals surface area contributed by atoms with E-state index in [1.807, 2.05) is 0 Å². The predicted octanol–water partition coefficient (Wildman–Crippen LogP) is -0.553. The first kappa shape index (κ1) is 13.9. The van der Waals surface area contributed by atoms with E-state index in [0.717, 1.165) is 0 Å². The molecule has 0 saturated carbocycles. The van der Waals surface area contributed by atoms with Crippen molar-refractivity contribution in [2.24, 2.45) is 0 Å². The Kier molecular flexibility index (Phi) is 5.59. The Labute approximate surface area is 105 Å². The number of likely N-dealkylation sites (N-methyl/N-ethyl adjacent to an activating group) is 1. The number of nitrogens with one attached hydrogen (secondary N) is 2. The molecule has 0 radical (unpaired) electrons. The van der Waals surface area contributed by atoms with Crippen LogP contribution >= 0.6 is 0 Å². The molecule has 0 aromatic carbocycles. The highest BCUT2D eigenvalue weighted by molar-refractivity contribution is 5.82. The molecule has 7 nitrogen and oxygen atoms in total. The highest BCUT2D eigenvalue weighted by Crippen LogP contribution is 1.99. The summed E-state index contributed by atoms with van der Waals surface area (Å²) in [7, 11) is 2.95. The molecule has 0 aliphatic heterocycles. The van der Waals surface area contributed by atoms with Gasteiger partial charge in [-0.05, 0) is 13.1 Å². The number of ether oxygens (including phenoxy) is 1. The van der Waals surface area contributed by atoms with Gasteiger partial charge in [0.2, 0.25) is 0 Å². The Balaban J connectivity index is 2.44. The zero-order chi connectivity index (χ0) is 13.4. The summed E-state index contributed by atoms with van der Waals surface area (Å²) in [5, 5.41) is 9.46. The fraction of sp³-hybridized carbons (Fsp3) is 0.364. The lowest BCUT2D eigenvalue weighted by atomic mass is 10.4. The van der Waals surface area contributed by atoms with Crippen LogP contribution in [0.15, 0.2) is 30.6 Å². The quantitative estimate of drug-likeness (QED) is 0.524. The minimum atomic E-state index is -0.577. The summed E-state index contributed by atoms with van der Waals surface area (Å²) >= 11 is 0. The van der Waals surface area contributed by atoms with Crippen LogP contribution in [0.5, 0.6) is 0 Å². The standard InChI is InChI=1S/C11H16N4O3/c1-12-10(15-8-4-7-14-15)11(17)13-6-3-5-9(16)18-2/h3-5,7-8,10,12H,6H2,1-2H3,(H,13,17)/b5-3+. The number of nitrogens with zero attached hydrogens (tertiary/aromatic N) is 2. The Morgan fingerprint density at radius 1 is 1.56 bits per heavy atom. The molecule has 1 heterocycles. The van der Waals surface area contributed by atoms with E-state index < -0.39 is 12.1 Å². The number of aromatic nitrogens is 2. The first-order valence-corrected chi connectivity index (χ1v) is 5.37. The molecule has 0 aliphatic carbocycles. The van der Waals surface area contributed by atoms with Gasteiger partial charge < -0.3 is 10.1 Å². The summed E-state index contributed by atoms with van der Waals surface area (Å²) < 4.78 is 5.92. The lowest BCUT2D eigenvalue weighted by Crippen LogP contribution is -2.39. The maximum absolute atomic E-state index is 11.8. The second-order valence-electron chi connectivity index (χ2n) is 3.35. The maximum atomic E-state index is 11.8. The first-order chi connectivity index (χ1) is 8.69. The molecule has 1 aromatic heterocycles. The van der Waals surface area contributed by atoms with Gasteiger partial charge in [0.05, 0.1) is 7.11 Å². The highest BCUT2D eigenvalue weighted by Gasteiger charge is 2.17. The minimum Gasteiger partial charge on any atom is -0.466 e. The van der Waals surface area contributed by atoms with E-state index in [2.05, 4.69) is 20.5 Å². The topological polar surface area (TPSA) is 85.3 Å². The van der Waals surface area contributed by atoms with Crippen molar-refractivity contribution in [2.75, 3.05) is 20.7 Å². The average molecular weight is 252 g/mol. The number of rotatable bonds is 6. The summed E-state index contributed by atoms with van der Waals surface area (Å²) in [6.07, 6.45) is 5.47. The number of hydrogen-bond acceptors (Lipinski definition) is 5. The molecule has 1 unspecified atom stereocenters. The smallest absolute Gasteiger partial charge is 0.330 e. The van der Waals surface area contributed by atoms with Crippen molar-refractivity contribution in [1.29, 1.82) is 0 Å². The molecule has 7 heteroatoms. The third-order valence-corrected chi connectivity index (χ3v) is 2.16. The summed E-state index contributed by atoms with van der Waals surface area (Å²) in [6.45, 7) is 0.243. The van der Waals surface area contributed by atoms with E-state index in [1.54, 1.807) is 25.5 Å². The fourth-order valence-electron chi connectivity index (χ4n) is 1.30. The van der Waals surface area contributed by atoms with Crippen LogP contribution in [0.2, 0.25) is 0 Å². The molecule has 0 bridgehead atoms. The lowest BCUT2D eigenvalue weighted by molar-refractivity contribution is -0.135. The Hall–Kier alpha value is -2.15. The predicted molar refractivity (Wildman–Crippen MR) is 64.5 cm³/mol. The van der Waals surface area contributed by atoms with Crippen LogP contribution in [0, 0.1) is 0 Å². The van der Waals surface area contributed by atoms with Crippen LogP contribution in [0.25, 0.3) is 0 Å². The van der Waals surface area contributed by atoms with E-state index in [4.69, 9.17) is 0 Å². The van der Waals surface area contributed by atoms with Crippen LogP contribution in [-0.2, 0) is 14.3 Å². The zero-order valence-corrected chi connectivity index (χ0v) is 10.3. The summed E-state index contributed by atoms with van der Waals surface area (Å²) in [6, 6.07) is 1.73. The van der Waals surface area contributed by atoms with Crippen molar-refractivity contribution in [3.63, 3.8) is 0 Å². The van der Waals surface area contributed by atoms with Crippen molar-refractivity contribution >= 4 is 11.9 Å². The number of amides is 1. The molecule has 2 N–H and O–H groups in total. The molecular weight excluding hydrogens is 236 g/mol. The fourth-order valence-corrected chi connectivity index (χ4v) is 1.30. The number of hydrogen-bond donors (Lipinski definition) is 2. The van der Waals surface area contributed by atoms with Crippen molar-refractivity contribution in [1.82, 2.24) is 20.4 Å². The molecular formula is C11H16N4O3. The SMILES string of the molecule is CNC(C(=O)NC/C=C/C(=O)OC)n1cccn1. The molecule has 18 heavy (non-hydrogen) atoms. The summed E-state index contributed by atoms with van der Waals surface area (Å²) in [4.78, 5) is 22.6. The molecule has 0 aliphatic rings. The molecule has 0 fully saturated rings. The van der Waals surface area contributed by atoms with Crippen molar-refractivity contribution in [2.45, 2.75) is 6.17 Å². The van der Waals surface area contributed by atoms with Gasteiger partial charge in [-0.25, -0.2) is 9.48 Å². The van der Waals surface area contributed by atoms with Gasteiger partial charge in [-0.1, -0.05) is 6.08 Å². The van der Waals surface area contributed by atoms with E-state index in [1.165, 1.54) is 23.9 Å². The third-order valence-electron chi connectivity index (χ3n) is 2.16. The maximum Gasteiger partial charge on any atom is 0.330 e. The largest absolute Gasteiger partial charge is 0.466 e. The number of methoxy groups -OCH3 is 1. The van der Waals surface area contributed by atoms with E-state index >= 15 is 0 Å². The number of carbonyl (C=O) groups is 2. The van der Waals surface area contributed by atoms with Gasteiger partial charge in [0.25, 0.3) is 5.91 Å². The van der Waals surface area contributed by atoms with E-state index in [0.29, 0.717) is 0 Å². The average Bonchev–Trinajstić information content (AvgIpc) is 2.89. The van der Waals surface area contributed by atoms with Crippen LogP contribution in [-0.4, -0.2) is 42.4 Å². The Morgan fingerprint density at radius 3 is 2.89 bits per heavy atom. The molecule has 98 valence electrons. The summed E-state index contributed by atoms with van der Waals surface area (Å²) in [5.41, 5.74) is 0. The van der Waals surface area contributed by atoms with Gasteiger partial charge >= 0.3 is 5.97 Å². The van der Waals surface area contributed by atoms with Gasteiger partial charge in [0.15, 0.2) is 6.17 Å². The second-order valence-corrected chi connectivity index (χ2v) is 3.35. The summed E-state index contributed by atoms with van der Waals surface area (Å²) in [5.74, 6) is -0.697. The van der Waals surface area contributed by atoms with Gasteiger partial charge in [0.1, 0.15) is 0 Å². The zero-order valence-electron chi connectivity index (χ0n) is 10.3. The van der Waals surface area contributed by atoms with Gasteiger partial charge in [-0.2, -0.15) is 5.10 Å². The molecule has 0 spiro atoms. The van der Waals surface area contributed by atoms with Gasteiger partial charge in [0, 0.05) is 25.0 Å². The van der Waals surface area contributed by atoms with Gasteiger partial charge in [-0.3, -0.25) is 10.1 Å². The van der Waals surface area contributed by atoms with E-state index in [-0.39, 0.29) is 12.5 Å². The third kappa shape index (κ3) is 4.02. The highest BCUT2D eigenvalue weighted by atomic mass is 16.5.